The van der Waals surface area contributed by atoms with E-state index < -0.39 is 17.2 Å². The molecule has 0 aliphatic heterocycles. The first kappa shape index (κ1) is 20.4. The lowest BCUT2D eigenvalue weighted by molar-refractivity contribution is 0.0943. The van der Waals surface area contributed by atoms with Crippen LogP contribution in [0.15, 0.2) is 59.4 Å². The Morgan fingerprint density at radius 2 is 1.83 bits per heavy atom. The van der Waals surface area contributed by atoms with Crippen LogP contribution in [-0.4, -0.2) is 22.3 Å². The number of rotatable bonds is 7. The molecule has 0 aliphatic rings. The molecule has 2 aromatic carbocycles. The van der Waals surface area contributed by atoms with E-state index in [0.29, 0.717) is 18.9 Å². The third kappa shape index (κ3) is 4.94. The van der Waals surface area contributed by atoms with Gasteiger partial charge >= 0.3 is 0 Å². The summed E-state index contributed by atoms with van der Waals surface area (Å²) in [6.07, 6.45) is 0. The van der Waals surface area contributed by atoms with Crippen molar-refractivity contribution in [2.24, 2.45) is 0 Å². The standard InChI is InChI=1S/C22H22FN3O3/c1-3-29-14-17-10-8-16(9-11-17)13-24-22(28)21-20(27)12-15(2)26(25-21)19-7-5-4-6-18(19)23/h4-12H,3,13-14H2,1-2H3,(H,24,28). The minimum absolute atomic E-state index is 0.170. The molecule has 1 amide bonds. The molecular weight excluding hydrogens is 373 g/mol. The lowest BCUT2D eigenvalue weighted by atomic mass is 10.1. The van der Waals surface area contributed by atoms with Crippen molar-refractivity contribution < 1.29 is 13.9 Å². The minimum Gasteiger partial charge on any atom is -0.377 e. The molecule has 0 spiro atoms. The highest BCUT2D eigenvalue weighted by atomic mass is 19.1. The molecule has 1 heterocycles. The average molecular weight is 395 g/mol. The zero-order chi connectivity index (χ0) is 20.8. The van der Waals surface area contributed by atoms with Gasteiger partial charge in [0.2, 0.25) is 5.43 Å². The highest BCUT2D eigenvalue weighted by molar-refractivity contribution is 5.92. The van der Waals surface area contributed by atoms with Crippen molar-refractivity contribution in [1.82, 2.24) is 15.1 Å². The number of benzene rings is 2. The number of ether oxygens (including phenoxy) is 1. The quantitative estimate of drug-likeness (QED) is 0.667. The van der Waals surface area contributed by atoms with Crippen molar-refractivity contribution >= 4 is 5.91 Å². The molecule has 3 rings (SSSR count). The van der Waals surface area contributed by atoms with E-state index in [1.54, 1.807) is 19.1 Å². The molecule has 1 aromatic heterocycles. The summed E-state index contributed by atoms with van der Waals surface area (Å²) < 4.78 is 20.7. The molecule has 0 fully saturated rings. The molecule has 1 N–H and O–H groups in total. The molecule has 7 heteroatoms. The number of aromatic nitrogens is 2. The van der Waals surface area contributed by atoms with Crippen LogP contribution in [0.1, 0.15) is 34.2 Å². The molecular formula is C22H22FN3O3. The molecule has 0 saturated carbocycles. The van der Waals surface area contributed by atoms with Gasteiger partial charge in [0.05, 0.1) is 6.61 Å². The van der Waals surface area contributed by atoms with Gasteiger partial charge in [-0.1, -0.05) is 36.4 Å². The van der Waals surface area contributed by atoms with Gasteiger partial charge in [0.1, 0.15) is 11.5 Å². The number of hydrogen-bond donors (Lipinski definition) is 1. The number of aryl methyl sites for hydroxylation is 1. The van der Waals surface area contributed by atoms with Gasteiger partial charge in [-0.05, 0) is 37.1 Å². The lowest BCUT2D eigenvalue weighted by Gasteiger charge is -2.12. The highest BCUT2D eigenvalue weighted by Crippen LogP contribution is 2.13. The molecule has 3 aromatic rings. The van der Waals surface area contributed by atoms with E-state index in [-0.39, 0.29) is 17.9 Å². The maximum absolute atomic E-state index is 14.1. The molecule has 0 bridgehead atoms. The number of nitrogens with zero attached hydrogens (tertiary/aromatic N) is 2. The minimum atomic E-state index is -0.613. The molecule has 0 aliphatic carbocycles. The molecule has 0 unspecified atom stereocenters. The van der Waals surface area contributed by atoms with Gasteiger partial charge in [-0.3, -0.25) is 9.59 Å². The number of halogens is 1. The zero-order valence-electron chi connectivity index (χ0n) is 16.3. The summed E-state index contributed by atoms with van der Waals surface area (Å²) in [4.78, 5) is 24.8. The first-order valence-corrected chi connectivity index (χ1v) is 9.29. The van der Waals surface area contributed by atoms with Crippen molar-refractivity contribution in [3.8, 4) is 5.69 Å². The number of hydrogen-bond acceptors (Lipinski definition) is 4. The van der Waals surface area contributed by atoms with Crippen molar-refractivity contribution in [1.29, 1.82) is 0 Å². The van der Waals surface area contributed by atoms with Gasteiger partial charge in [0.25, 0.3) is 5.91 Å². The molecule has 6 nitrogen and oxygen atoms in total. The maximum Gasteiger partial charge on any atom is 0.276 e. The predicted molar refractivity (Wildman–Crippen MR) is 107 cm³/mol. The molecule has 0 radical (unpaired) electrons. The van der Waals surface area contributed by atoms with Crippen LogP contribution in [-0.2, 0) is 17.9 Å². The van der Waals surface area contributed by atoms with E-state index in [4.69, 9.17) is 4.74 Å². The summed E-state index contributed by atoms with van der Waals surface area (Å²) in [5.74, 6) is -1.11. The number of carbonyl (C=O) groups excluding carboxylic acids is 1. The molecule has 0 saturated heterocycles. The van der Waals surface area contributed by atoms with Crippen LogP contribution in [0.5, 0.6) is 0 Å². The molecule has 150 valence electrons. The van der Waals surface area contributed by atoms with Gasteiger partial charge in [-0.25, -0.2) is 9.07 Å². The van der Waals surface area contributed by atoms with Crippen molar-refractivity contribution in [2.75, 3.05) is 6.61 Å². The second-order valence-corrected chi connectivity index (χ2v) is 6.50. The Hall–Kier alpha value is -3.32. The van der Waals surface area contributed by atoms with E-state index in [9.17, 15) is 14.0 Å². The van der Waals surface area contributed by atoms with Crippen LogP contribution in [0.2, 0.25) is 0 Å². The topological polar surface area (TPSA) is 73.2 Å². The summed E-state index contributed by atoms with van der Waals surface area (Å²) in [6.45, 7) is 4.98. The van der Waals surface area contributed by atoms with Crippen LogP contribution in [0, 0.1) is 12.7 Å². The Bertz CT molecular complexity index is 1060. The van der Waals surface area contributed by atoms with E-state index in [0.717, 1.165) is 11.1 Å². The first-order valence-electron chi connectivity index (χ1n) is 9.29. The fourth-order valence-electron chi connectivity index (χ4n) is 2.81. The summed E-state index contributed by atoms with van der Waals surface area (Å²) in [5.41, 5.74) is 1.71. The summed E-state index contributed by atoms with van der Waals surface area (Å²) in [6, 6.07) is 14.9. The van der Waals surface area contributed by atoms with Crippen molar-refractivity contribution in [2.45, 2.75) is 27.0 Å². The van der Waals surface area contributed by atoms with Crippen molar-refractivity contribution in [3.63, 3.8) is 0 Å². The lowest BCUT2D eigenvalue weighted by Crippen LogP contribution is -2.31. The second-order valence-electron chi connectivity index (χ2n) is 6.50. The van der Waals surface area contributed by atoms with Gasteiger partial charge in [0.15, 0.2) is 5.69 Å². The van der Waals surface area contributed by atoms with E-state index in [2.05, 4.69) is 10.4 Å². The fourth-order valence-corrected chi connectivity index (χ4v) is 2.81. The average Bonchev–Trinajstić information content (AvgIpc) is 2.72. The Labute approximate surface area is 168 Å². The van der Waals surface area contributed by atoms with Crippen LogP contribution in [0.3, 0.4) is 0 Å². The summed E-state index contributed by atoms with van der Waals surface area (Å²) in [7, 11) is 0. The second kappa shape index (κ2) is 9.25. The van der Waals surface area contributed by atoms with E-state index in [1.165, 1.54) is 22.9 Å². The van der Waals surface area contributed by atoms with Crippen molar-refractivity contribution in [3.05, 3.63) is 93.2 Å². The third-order valence-electron chi connectivity index (χ3n) is 4.35. The highest BCUT2D eigenvalue weighted by Gasteiger charge is 2.16. The molecule has 29 heavy (non-hydrogen) atoms. The first-order chi connectivity index (χ1) is 14.0. The summed E-state index contributed by atoms with van der Waals surface area (Å²) in [5, 5.41) is 6.79. The Morgan fingerprint density at radius 1 is 1.14 bits per heavy atom. The Morgan fingerprint density at radius 3 is 2.52 bits per heavy atom. The van der Waals surface area contributed by atoms with Crippen LogP contribution in [0.25, 0.3) is 5.69 Å². The number of nitrogens with one attached hydrogen (secondary N) is 1. The van der Waals surface area contributed by atoms with Crippen LogP contribution < -0.4 is 10.7 Å². The van der Waals surface area contributed by atoms with Gasteiger partial charge < -0.3 is 10.1 Å². The Balaban J connectivity index is 1.76. The Kier molecular flexibility index (Phi) is 6.51. The largest absolute Gasteiger partial charge is 0.377 e. The number of carbonyl (C=O) groups is 1. The molecule has 0 atom stereocenters. The summed E-state index contributed by atoms with van der Waals surface area (Å²) >= 11 is 0. The van der Waals surface area contributed by atoms with Crippen LogP contribution >= 0.6 is 0 Å². The fraction of sp³-hybridized carbons (Fsp3) is 0.227. The monoisotopic (exact) mass is 395 g/mol. The smallest absolute Gasteiger partial charge is 0.276 e. The SMILES string of the molecule is CCOCc1ccc(CNC(=O)c2nn(-c3ccccc3F)c(C)cc2=O)cc1. The van der Waals surface area contributed by atoms with Gasteiger partial charge in [-0.2, -0.15) is 5.10 Å². The number of para-hydroxylation sites is 1. The third-order valence-corrected chi connectivity index (χ3v) is 4.35. The van der Waals surface area contributed by atoms with E-state index in [1.807, 2.05) is 31.2 Å². The normalized spacial score (nSPS) is 10.7. The van der Waals surface area contributed by atoms with Gasteiger partial charge in [-0.15, -0.1) is 0 Å². The van der Waals surface area contributed by atoms with Crippen LogP contribution in [0.4, 0.5) is 4.39 Å². The predicted octanol–water partition coefficient (Wildman–Crippen LogP) is 3.15. The maximum atomic E-state index is 14.1. The zero-order valence-corrected chi connectivity index (χ0v) is 16.3. The van der Waals surface area contributed by atoms with E-state index >= 15 is 0 Å². The van der Waals surface area contributed by atoms with Gasteiger partial charge in [0, 0.05) is 24.9 Å². The number of amides is 1.